The van der Waals surface area contributed by atoms with E-state index in [1.165, 1.54) is 17.3 Å². The van der Waals surface area contributed by atoms with E-state index in [1.807, 2.05) is 34.6 Å². The minimum Gasteiger partial charge on any atom is -0.308 e. The number of hydrogen-bond donors (Lipinski definition) is 0. The number of fused-ring (bicyclic) bond motifs is 1. The Hall–Kier alpha value is -2.08. The summed E-state index contributed by atoms with van der Waals surface area (Å²) in [6.45, 7) is 8.40. The summed E-state index contributed by atoms with van der Waals surface area (Å²) in [6, 6.07) is 8.32. The lowest BCUT2D eigenvalue weighted by atomic mass is 10.1. The molecule has 0 aliphatic carbocycles. The van der Waals surface area contributed by atoms with Crippen LogP contribution in [0.25, 0.3) is 0 Å². The van der Waals surface area contributed by atoms with Crippen LogP contribution in [0.1, 0.15) is 18.3 Å². The molecule has 0 spiro atoms. The van der Waals surface area contributed by atoms with E-state index < -0.39 is 0 Å². The molecule has 2 aromatic rings. The topological polar surface area (TPSA) is 51.0 Å². The number of rotatable bonds is 5. The quantitative estimate of drug-likeness (QED) is 0.625. The van der Waals surface area contributed by atoms with Crippen LogP contribution >= 0.6 is 11.8 Å². The van der Waals surface area contributed by atoms with Crippen molar-refractivity contribution in [3.63, 3.8) is 0 Å². The van der Waals surface area contributed by atoms with Crippen molar-refractivity contribution in [1.82, 2.24) is 14.8 Å². The summed E-state index contributed by atoms with van der Waals surface area (Å²) in [5.74, 6) is 1.30. The van der Waals surface area contributed by atoms with Gasteiger partial charge in [-0.05, 0) is 31.9 Å². The smallest absolute Gasteiger partial charge is 0.237 e. The van der Waals surface area contributed by atoms with Crippen molar-refractivity contribution in [2.75, 3.05) is 10.7 Å². The maximum Gasteiger partial charge on any atom is 0.237 e. The van der Waals surface area contributed by atoms with Gasteiger partial charge in [-0.1, -0.05) is 36.0 Å². The molecule has 0 saturated heterocycles. The van der Waals surface area contributed by atoms with Crippen LogP contribution in [0.3, 0.4) is 0 Å². The SMILES string of the molecule is C=CCn1c(C)nnc1SCC(=O)N1c2ccccc2CC1C. The maximum atomic E-state index is 12.7. The number of thioether (sulfide) groups is 1. The van der Waals surface area contributed by atoms with Crippen LogP contribution in [0.2, 0.25) is 0 Å². The van der Waals surface area contributed by atoms with Crippen LogP contribution in [-0.4, -0.2) is 32.5 Å². The molecule has 5 nitrogen and oxygen atoms in total. The van der Waals surface area contributed by atoms with E-state index in [-0.39, 0.29) is 11.9 Å². The molecule has 0 radical (unpaired) electrons. The highest BCUT2D eigenvalue weighted by Gasteiger charge is 2.30. The standard InChI is InChI=1S/C17H20N4OS/c1-4-9-20-13(3)18-19-17(20)23-11-16(22)21-12(2)10-14-7-5-6-8-15(14)21/h4-8,12H,1,9-11H2,2-3H3. The van der Waals surface area contributed by atoms with Crippen molar-refractivity contribution in [3.8, 4) is 0 Å². The molecule has 3 rings (SSSR count). The predicted octanol–water partition coefficient (Wildman–Crippen LogP) is 2.84. The Morgan fingerprint density at radius 1 is 1.43 bits per heavy atom. The fourth-order valence-electron chi connectivity index (χ4n) is 2.95. The zero-order chi connectivity index (χ0) is 16.4. The van der Waals surface area contributed by atoms with E-state index in [4.69, 9.17) is 0 Å². The molecule has 1 aliphatic heterocycles. The summed E-state index contributed by atoms with van der Waals surface area (Å²) in [5.41, 5.74) is 2.28. The van der Waals surface area contributed by atoms with Gasteiger partial charge in [-0.25, -0.2) is 0 Å². The number of carbonyl (C=O) groups excluding carboxylic acids is 1. The van der Waals surface area contributed by atoms with Crippen molar-refractivity contribution >= 4 is 23.4 Å². The van der Waals surface area contributed by atoms with Gasteiger partial charge in [-0.15, -0.1) is 16.8 Å². The molecule has 120 valence electrons. The second-order valence-electron chi connectivity index (χ2n) is 5.66. The van der Waals surface area contributed by atoms with Gasteiger partial charge in [-0.3, -0.25) is 4.79 Å². The highest BCUT2D eigenvalue weighted by atomic mass is 32.2. The van der Waals surface area contributed by atoms with Crippen LogP contribution in [0.15, 0.2) is 42.1 Å². The van der Waals surface area contributed by atoms with Gasteiger partial charge in [0.1, 0.15) is 5.82 Å². The highest BCUT2D eigenvalue weighted by Crippen LogP contribution is 2.32. The molecule has 0 bridgehead atoms. The second-order valence-corrected chi connectivity index (χ2v) is 6.61. The summed E-state index contributed by atoms with van der Waals surface area (Å²) in [5, 5.41) is 8.99. The number of benzene rings is 1. The van der Waals surface area contributed by atoms with Crippen LogP contribution in [0, 0.1) is 6.92 Å². The van der Waals surface area contributed by atoms with Gasteiger partial charge >= 0.3 is 0 Å². The number of aryl methyl sites for hydroxylation is 1. The van der Waals surface area contributed by atoms with Crippen molar-refractivity contribution in [2.45, 2.75) is 38.0 Å². The zero-order valence-electron chi connectivity index (χ0n) is 13.4. The molecule has 1 aliphatic rings. The lowest BCUT2D eigenvalue weighted by Crippen LogP contribution is -2.37. The molecule has 1 atom stereocenters. The van der Waals surface area contributed by atoms with Gasteiger partial charge in [0.15, 0.2) is 5.16 Å². The first-order valence-electron chi connectivity index (χ1n) is 7.65. The van der Waals surface area contributed by atoms with Crippen molar-refractivity contribution in [3.05, 3.63) is 48.3 Å². The largest absolute Gasteiger partial charge is 0.308 e. The number of amides is 1. The number of anilines is 1. The molecule has 1 unspecified atom stereocenters. The Labute approximate surface area is 140 Å². The molecule has 1 aromatic heterocycles. The number of nitrogens with zero attached hydrogens (tertiary/aromatic N) is 4. The normalized spacial score (nSPS) is 16.4. The van der Waals surface area contributed by atoms with Crippen LogP contribution < -0.4 is 4.90 Å². The molecule has 1 aromatic carbocycles. The van der Waals surface area contributed by atoms with Gasteiger partial charge in [0.05, 0.1) is 5.75 Å². The zero-order valence-corrected chi connectivity index (χ0v) is 14.2. The molecule has 0 fully saturated rings. The third-order valence-corrected chi connectivity index (χ3v) is 4.97. The van der Waals surface area contributed by atoms with E-state index >= 15 is 0 Å². The van der Waals surface area contributed by atoms with Gasteiger partial charge in [0.25, 0.3) is 0 Å². The van der Waals surface area contributed by atoms with E-state index in [9.17, 15) is 4.79 Å². The molecule has 0 N–H and O–H groups in total. The minimum absolute atomic E-state index is 0.109. The first-order valence-corrected chi connectivity index (χ1v) is 8.64. The number of allylic oxidation sites excluding steroid dienone is 1. The van der Waals surface area contributed by atoms with Gasteiger partial charge in [0.2, 0.25) is 5.91 Å². The molecular formula is C17H20N4OS. The molecule has 6 heteroatoms. The summed E-state index contributed by atoms with van der Waals surface area (Å²) >= 11 is 1.43. The number of hydrogen-bond acceptors (Lipinski definition) is 4. The van der Waals surface area contributed by atoms with Crippen LogP contribution in [0.4, 0.5) is 5.69 Å². The molecule has 23 heavy (non-hydrogen) atoms. The number of aromatic nitrogens is 3. The number of carbonyl (C=O) groups is 1. The lowest BCUT2D eigenvalue weighted by molar-refractivity contribution is -0.116. The van der Waals surface area contributed by atoms with Gasteiger partial charge < -0.3 is 9.47 Å². The minimum atomic E-state index is 0.109. The third-order valence-electron chi connectivity index (χ3n) is 4.01. The Bertz CT molecular complexity index is 740. The Balaban J connectivity index is 1.72. The monoisotopic (exact) mass is 328 g/mol. The Kier molecular flexibility index (Phi) is 4.52. The average Bonchev–Trinajstić information content (AvgIpc) is 3.05. The van der Waals surface area contributed by atoms with Crippen molar-refractivity contribution in [2.24, 2.45) is 0 Å². The summed E-state index contributed by atoms with van der Waals surface area (Å²) < 4.78 is 1.96. The van der Waals surface area contributed by atoms with Gasteiger partial charge in [0, 0.05) is 18.3 Å². The second kappa shape index (κ2) is 6.58. The predicted molar refractivity (Wildman–Crippen MR) is 92.8 cm³/mol. The first kappa shape index (κ1) is 15.8. The Morgan fingerprint density at radius 3 is 3.00 bits per heavy atom. The molecular weight excluding hydrogens is 308 g/mol. The number of para-hydroxylation sites is 1. The Morgan fingerprint density at radius 2 is 2.22 bits per heavy atom. The van der Waals surface area contributed by atoms with Crippen molar-refractivity contribution in [1.29, 1.82) is 0 Å². The first-order chi connectivity index (χ1) is 11.1. The van der Waals surface area contributed by atoms with Gasteiger partial charge in [-0.2, -0.15) is 0 Å². The van der Waals surface area contributed by atoms with E-state index in [0.717, 1.165) is 23.1 Å². The van der Waals surface area contributed by atoms with E-state index in [2.05, 4.69) is 29.8 Å². The summed E-state index contributed by atoms with van der Waals surface area (Å²) in [7, 11) is 0. The molecule has 2 heterocycles. The van der Waals surface area contributed by atoms with E-state index in [1.54, 1.807) is 6.08 Å². The lowest BCUT2D eigenvalue weighted by Gasteiger charge is -2.22. The summed E-state index contributed by atoms with van der Waals surface area (Å²) in [6.07, 6.45) is 2.72. The highest BCUT2D eigenvalue weighted by molar-refractivity contribution is 7.99. The van der Waals surface area contributed by atoms with Crippen LogP contribution in [-0.2, 0) is 17.8 Å². The van der Waals surface area contributed by atoms with E-state index in [0.29, 0.717) is 12.3 Å². The summed E-state index contributed by atoms with van der Waals surface area (Å²) in [4.78, 5) is 14.6. The van der Waals surface area contributed by atoms with Crippen LogP contribution in [0.5, 0.6) is 0 Å². The fraction of sp³-hybridized carbons (Fsp3) is 0.353. The molecule has 1 amide bonds. The fourth-order valence-corrected chi connectivity index (χ4v) is 3.80. The molecule has 0 saturated carbocycles. The third kappa shape index (κ3) is 3.03. The maximum absolute atomic E-state index is 12.7. The van der Waals surface area contributed by atoms with Crippen molar-refractivity contribution < 1.29 is 4.79 Å². The average molecular weight is 328 g/mol.